The Balaban J connectivity index is 2.16. The lowest BCUT2D eigenvalue weighted by atomic mass is 10.2. The van der Waals surface area contributed by atoms with Gasteiger partial charge in [0.25, 0.3) is 0 Å². The lowest BCUT2D eigenvalue weighted by molar-refractivity contribution is 0.229. The number of nitrogens with zero attached hydrogens (tertiary/aromatic N) is 2. The van der Waals surface area contributed by atoms with E-state index >= 15 is 0 Å². The van der Waals surface area contributed by atoms with Gasteiger partial charge in [-0.1, -0.05) is 12.1 Å². The predicted molar refractivity (Wildman–Crippen MR) is 85.4 cm³/mol. The number of nitrogens with one attached hydrogen (secondary N) is 1. The van der Waals surface area contributed by atoms with Gasteiger partial charge in [-0.2, -0.15) is 0 Å². The van der Waals surface area contributed by atoms with Crippen molar-refractivity contribution in [1.29, 1.82) is 0 Å². The van der Waals surface area contributed by atoms with Crippen LogP contribution in [0.2, 0.25) is 0 Å². The molecule has 0 aromatic heterocycles. The van der Waals surface area contributed by atoms with E-state index in [-0.39, 0.29) is 0 Å². The van der Waals surface area contributed by atoms with Crippen LogP contribution in [0.1, 0.15) is 12.0 Å². The molecule has 0 atom stereocenters. The van der Waals surface area contributed by atoms with Gasteiger partial charge in [0.1, 0.15) is 12.4 Å². The molecule has 0 aliphatic heterocycles. The number of hydrogen-bond acceptors (Lipinski definition) is 4. The predicted octanol–water partition coefficient (Wildman–Crippen LogP) is 1.67. The Labute approximate surface area is 123 Å². The van der Waals surface area contributed by atoms with Gasteiger partial charge in [-0.05, 0) is 65.4 Å². The van der Waals surface area contributed by atoms with Crippen molar-refractivity contribution >= 4 is 0 Å². The van der Waals surface area contributed by atoms with E-state index in [9.17, 15) is 0 Å². The maximum absolute atomic E-state index is 5.76. The number of ether oxygens (including phenoxy) is 1. The molecule has 0 saturated carbocycles. The standard InChI is InChI=1S/C16H29N3O/c1-17-14-15-6-8-16(9-7-15)20-13-12-19(4)11-5-10-18(2)3/h6-9,17H,5,10-14H2,1-4H3. The van der Waals surface area contributed by atoms with E-state index in [0.717, 1.165) is 38.5 Å². The minimum Gasteiger partial charge on any atom is -0.492 e. The second-order valence-electron chi connectivity index (χ2n) is 5.48. The Kier molecular flexibility index (Phi) is 8.26. The molecule has 0 amide bonds. The molecule has 0 unspecified atom stereocenters. The molecular formula is C16H29N3O. The van der Waals surface area contributed by atoms with E-state index in [4.69, 9.17) is 4.74 Å². The normalized spacial score (nSPS) is 11.3. The number of likely N-dealkylation sites (N-methyl/N-ethyl adjacent to an activating group) is 1. The molecular weight excluding hydrogens is 250 g/mol. The van der Waals surface area contributed by atoms with Gasteiger partial charge >= 0.3 is 0 Å². The summed E-state index contributed by atoms with van der Waals surface area (Å²) in [7, 11) is 8.33. The largest absolute Gasteiger partial charge is 0.492 e. The van der Waals surface area contributed by atoms with Crippen LogP contribution in [0.3, 0.4) is 0 Å². The van der Waals surface area contributed by atoms with E-state index in [2.05, 4.69) is 48.4 Å². The number of benzene rings is 1. The SMILES string of the molecule is CNCc1ccc(OCCN(C)CCCN(C)C)cc1. The van der Waals surface area contributed by atoms with Gasteiger partial charge in [-0.15, -0.1) is 0 Å². The molecule has 0 saturated heterocycles. The third-order valence-electron chi connectivity index (χ3n) is 3.19. The van der Waals surface area contributed by atoms with Gasteiger partial charge in [0.05, 0.1) is 0 Å². The van der Waals surface area contributed by atoms with Crippen molar-refractivity contribution in [2.45, 2.75) is 13.0 Å². The van der Waals surface area contributed by atoms with Crippen molar-refractivity contribution in [1.82, 2.24) is 15.1 Å². The van der Waals surface area contributed by atoms with Crippen molar-refractivity contribution < 1.29 is 4.74 Å². The smallest absolute Gasteiger partial charge is 0.119 e. The van der Waals surface area contributed by atoms with E-state index in [1.807, 2.05) is 19.2 Å². The molecule has 20 heavy (non-hydrogen) atoms. The first-order valence-electron chi connectivity index (χ1n) is 7.31. The molecule has 1 rings (SSSR count). The fourth-order valence-corrected chi connectivity index (χ4v) is 2.00. The molecule has 0 bridgehead atoms. The maximum Gasteiger partial charge on any atom is 0.119 e. The van der Waals surface area contributed by atoms with Crippen molar-refractivity contribution in [2.75, 3.05) is 54.4 Å². The van der Waals surface area contributed by atoms with Crippen molar-refractivity contribution in [3.8, 4) is 5.75 Å². The van der Waals surface area contributed by atoms with E-state index in [1.54, 1.807) is 0 Å². The summed E-state index contributed by atoms with van der Waals surface area (Å²) in [6, 6.07) is 8.29. The fourth-order valence-electron chi connectivity index (χ4n) is 2.00. The first-order valence-corrected chi connectivity index (χ1v) is 7.31. The third kappa shape index (κ3) is 7.48. The fraction of sp³-hybridized carbons (Fsp3) is 0.625. The highest BCUT2D eigenvalue weighted by atomic mass is 16.5. The van der Waals surface area contributed by atoms with Crippen LogP contribution >= 0.6 is 0 Å². The van der Waals surface area contributed by atoms with Crippen LogP contribution in [0, 0.1) is 0 Å². The van der Waals surface area contributed by atoms with Crippen LogP contribution in [-0.2, 0) is 6.54 Å². The summed E-state index contributed by atoms with van der Waals surface area (Å²) in [5, 5.41) is 3.14. The summed E-state index contributed by atoms with van der Waals surface area (Å²) in [4.78, 5) is 4.54. The molecule has 1 aromatic rings. The second-order valence-corrected chi connectivity index (χ2v) is 5.48. The zero-order chi connectivity index (χ0) is 14.8. The topological polar surface area (TPSA) is 27.7 Å². The zero-order valence-corrected chi connectivity index (χ0v) is 13.4. The summed E-state index contributed by atoms with van der Waals surface area (Å²) >= 11 is 0. The lowest BCUT2D eigenvalue weighted by Crippen LogP contribution is -2.27. The minimum absolute atomic E-state index is 0.740. The molecule has 0 aliphatic carbocycles. The van der Waals surface area contributed by atoms with Gasteiger partial charge in [-0.25, -0.2) is 0 Å². The summed E-state index contributed by atoms with van der Waals surface area (Å²) < 4.78 is 5.76. The highest BCUT2D eigenvalue weighted by Crippen LogP contribution is 2.11. The van der Waals surface area contributed by atoms with Crippen molar-refractivity contribution in [3.05, 3.63) is 29.8 Å². The summed E-state index contributed by atoms with van der Waals surface area (Å²) in [5.41, 5.74) is 1.28. The molecule has 0 heterocycles. The van der Waals surface area contributed by atoms with E-state index in [1.165, 1.54) is 12.0 Å². The highest BCUT2D eigenvalue weighted by Gasteiger charge is 2.00. The Hall–Kier alpha value is -1.10. The Bertz CT molecular complexity index is 351. The second kappa shape index (κ2) is 9.75. The summed E-state index contributed by atoms with van der Waals surface area (Å²) in [5.74, 6) is 0.951. The highest BCUT2D eigenvalue weighted by molar-refractivity contribution is 5.27. The number of rotatable bonds is 10. The zero-order valence-electron chi connectivity index (χ0n) is 13.4. The maximum atomic E-state index is 5.76. The molecule has 114 valence electrons. The monoisotopic (exact) mass is 279 g/mol. The Morgan fingerprint density at radius 1 is 1.00 bits per heavy atom. The first kappa shape index (κ1) is 17.0. The molecule has 1 aromatic carbocycles. The van der Waals surface area contributed by atoms with Gasteiger partial charge < -0.3 is 19.9 Å². The molecule has 0 radical (unpaired) electrons. The van der Waals surface area contributed by atoms with Crippen molar-refractivity contribution in [2.24, 2.45) is 0 Å². The Morgan fingerprint density at radius 3 is 2.30 bits per heavy atom. The van der Waals surface area contributed by atoms with Crippen LogP contribution in [0.5, 0.6) is 5.75 Å². The van der Waals surface area contributed by atoms with Gasteiger partial charge in [0.2, 0.25) is 0 Å². The minimum atomic E-state index is 0.740. The van der Waals surface area contributed by atoms with Crippen LogP contribution in [0.4, 0.5) is 0 Å². The first-order chi connectivity index (χ1) is 9.61. The third-order valence-corrected chi connectivity index (χ3v) is 3.19. The Morgan fingerprint density at radius 2 is 1.70 bits per heavy atom. The molecule has 1 N–H and O–H groups in total. The number of hydrogen-bond donors (Lipinski definition) is 1. The molecule has 0 spiro atoms. The average molecular weight is 279 g/mol. The average Bonchev–Trinajstić information content (AvgIpc) is 2.40. The molecule has 0 aliphatic rings. The lowest BCUT2D eigenvalue weighted by Gasteiger charge is -2.18. The molecule has 4 heteroatoms. The van der Waals surface area contributed by atoms with E-state index in [0.29, 0.717) is 0 Å². The van der Waals surface area contributed by atoms with Gasteiger partial charge in [-0.3, -0.25) is 0 Å². The molecule has 0 fully saturated rings. The van der Waals surface area contributed by atoms with Crippen molar-refractivity contribution in [3.63, 3.8) is 0 Å². The van der Waals surface area contributed by atoms with Gasteiger partial charge in [0, 0.05) is 13.1 Å². The van der Waals surface area contributed by atoms with Crippen LogP contribution in [0.15, 0.2) is 24.3 Å². The quantitative estimate of drug-likeness (QED) is 0.705. The van der Waals surface area contributed by atoms with Crippen LogP contribution in [0.25, 0.3) is 0 Å². The summed E-state index contributed by atoms with van der Waals surface area (Å²) in [6.07, 6.45) is 1.20. The van der Waals surface area contributed by atoms with Crippen LogP contribution < -0.4 is 10.1 Å². The van der Waals surface area contributed by atoms with E-state index < -0.39 is 0 Å². The van der Waals surface area contributed by atoms with Gasteiger partial charge in [0.15, 0.2) is 0 Å². The molecule has 4 nitrogen and oxygen atoms in total. The van der Waals surface area contributed by atoms with Crippen LogP contribution in [-0.4, -0.2) is 64.2 Å². The summed E-state index contributed by atoms with van der Waals surface area (Å²) in [6.45, 7) is 4.85.